The van der Waals surface area contributed by atoms with E-state index in [1.54, 1.807) is 36.2 Å². The van der Waals surface area contributed by atoms with E-state index in [4.69, 9.17) is 9.47 Å². The second kappa shape index (κ2) is 12.3. The Kier molecular flexibility index (Phi) is 8.61. The van der Waals surface area contributed by atoms with Crippen molar-refractivity contribution < 1.29 is 23.9 Å². The van der Waals surface area contributed by atoms with Gasteiger partial charge in [-0.2, -0.15) is 0 Å². The zero-order valence-corrected chi connectivity index (χ0v) is 22.6. The molecule has 9 nitrogen and oxygen atoms in total. The lowest BCUT2D eigenvalue weighted by Gasteiger charge is -2.42. The number of carbonyl (C=O) groups is 3. The van der Waals surface area contributed by atoms with Crippen LogP contribution in [0.25, 0.3) is 0 Å². The number of hydrogen-bond donors (Lipinski definition) is 2. The minimum absolute atomic E-state index is 0.00382. The number of piperidine rings is 1. The maximum Gasteiger partial charge on any atom is 0.265 e. The van der Waals surface area contributed by atoms with E-state index in [0.717, 1.165) is 26.1 Å². The number of likely N-dealkylation sites (N-methyl/N-ethyl adjacent to an activating group) is 1. The lowest BCUT2D eigenvalue weighted by Crippen LogP contribution is -2.54. The SMILES string of the molecule is CN1C(=O)c2cc(NC(=O)c3cccs3)ccc2OC[C@@H]2O[C@H](CC(=O)NCCN3CCCCC3)CC[C@H]21. The molecule has 38 heavy (non-hydrogen) atoms. The van der Waals surface area contributed by atoms with Crippen LogP contribution in [0.15, 0.2) is 35.7 Å². The monoisotopic (exact) mass is 540 g/mol. The van der Waals surface area contributed by atoms with Gasteiger partial charge in [0, 0.05) is 25.8 Å². The fourth-order valence-corrected chi connectivity index (χ4v) is 6.14. The number of hydrogen-bond acceptors (Lipinski definition) is 7. The summed E-state index contributed by atoms with van der Waals surface area (Å²) in [6, 6.07) is 8.53. The average Bonchev–Trinajstić information content (AvgIpc) is 3.47. The number of thiophene rings is 1. The molecule has 3 aliphatic rings. The minimum atomic E-state index is -0.324. The minimum Gasteiger partial charge on any atom is -0.490 e. The molecule has 2 N–H and O–H groups in total. The zero-order valence-electron chi connectivity index (χ0n) is 21.8. The van der Waals surface area contributed by atoms with Gasteiger partial charge in [0.1, 0.15) is 18.5 Å². The predicted molar refractivity (Wildman–Crippen MR) is 146 cm³/mol. The lowest BCUT2D eigenvalue weighted by molar-refractivity contribution is -0.134. The molecule has 0 saturated carbocycles. The van der Waals surface area contributed by atoms with Crippen LogP contribution in [-0.2, 0) is 9.53 Å². The molecule has 3 atom stereocenters. The van der Waals surface area contributed by atoms with Crippen molar-refractivity contribution in [1.82, 2.24) is 15.1 Å². The van der Waals surface area contributed by atoms with E-state index in [-0.39, 0.29) is 42.6 Å². The molecule has 204 valence electrons. The molecular formula is C28H36N4O5S. The zero-order chi connectivity index (χ0) is 26.5. The van der Waals surface area contributed by atoms with Gasteiger partial charge in [0.05, 0.1) is 29.0 Å². The standard InChI is InChI=1S/C28H36N4O5S/c1-31-22-9-8-20(17-26(33)29-11-14-32-12-3-2-4-13-32)37-24(22)18-36-23-10-7-19(16-21(23)28(31)35)30-27(34)25-6-5-15-38-25/h5-7,10,15-16,20,22,24H,2-4,8-9,11-14,17-18H2,1H3,(H,29,33)(H,30,34)/t20-,22+,24-/m0/s1. The molecule has 0 aliphatic carbocycles. The highest BCUT2D eigenvalue weighted by Gasteiger charge is 2.39. The predicted octanol–water partition coefficient (Wildman–Crippen LogP) is 3.37. The number of ether oxygens (including phenoxy) is 2. The highest BCUT2D eigenvalue weighted by Crippen LogP contribution is 2.32. The first kappa shape index (κ1) is 26.6. The van der Waals surface area contributed by atoms with Crippen molar-refractivity contribution in [3.05, 3.63) is 46.2 Å². The quantitative estimate of drug-likeness (QED) is 0.559. The van der Waals surface area contributed by atoms with Crippen LogP contribution >= 0.6 is 11.3 Å². The van der Waals surface area contributed by atoms with Crippen LogP contribution in [0.4, 0.5) is 5.69 Å². The Bertz CT molecular complexity index is 1130. The van der Waals surface area contributed by atoms with Crippen molar-refractivity contribution in [2.75, 3.05) is 45.2 Å². The van der Waals surface area contributed by atoms with Crippen LogP contribution in [0.3, 0.4) is 0 Å². The maximum absolute atomic E-state index is 13.4. The summed E-state index contributed by atoms with van der Waals surface area (Å²) in [6.45, 7) is 4.06. The molecule has 10 heteroatoms. The Labute approximate surface area is 227 Å². The summed E-state index contributed by atoms with van der Waals surface area (Å²) in [5.74, 6) is 0.0639. The molecule has 5 rings (SSSR count). The molecule has 2 fully saturated rings. The third kappa shape index (κ3) is 6.36. The van der Waals surface area contributed by atoms with Gasteiger partial charge in [0.15, 0.2) is 0 Å². The van der Waals surface area contributed by atoms with Crippen molar-refractivity contribution in [3.8, 4) is 5.75 Å². The van der Waals surface area contributed by atoms with Gasteiger partial charge in [-0.3, -0.25) is 14.4 Å². The second-order valence-electron chi connectivity index (χ2n) is 10.3. The molecular weight excluding hydrogens is 504 g/mol. The molecule has 2 saturated heterocycles. The molecule has 2 aromatic rings. The molecule has 1 aromatic heterocycles. The first-order valence-corrected chi connectivity index (χ1v) is 14.4. The average molecular weight is 541 g/mol. The number of nitrogens with one attached hydrogen (secondary N) is 2. The van der Waals surface area contributed by atoms with E-state index < -0.39 is 0 Å². The first-order chi connectivity index (χ1) is 18.5. The summed E-state index contributed by atoms with van der Waals surface area (Å²) in [5.41, 5.74) is 0.945. The van der Waals surface area contributed by atoms with Gasteiger partial charge in [-0.25, -0.2) is 0 Å². The van der Waals surface area contributed by atoms with Crippen molar-refractivity contribution in [2.24, 2.45) is 0 Å². The van der Waals surface area contributed by atoms with E-state index in [2.05, 4.69) is 15.5 Å². The van der Waals surface area contributed by atoms with Gasteiger partial charge < -0.3 is 29.9 Å². The van der Waals surface area contributed by atoms with Crippen LogP contribution in [0, 0.1) is 0 Å². The summed E-state index contributed by atoms with van der Waals surface area (Å²) >= 11 is 1.36. The van der Waals surface area contributed by atoms with Crippen molar-refractivity contribution >= 4 is 34.7 Å². The van der Waals surface area contributed by atoms with Crippen LogP contribution < -0.4 is 15.4 Å². The highest BCUT2D eigenvalue weighted by atomic mass is 32.1. The summed E-state index contributed by atoms with van der Waals surface area (Å²) in [5, 5.41) is 7.75. The number of nitrogens with zero attached hydrogens (tertiary/aromatic N) is 2. The fourth-order valence-electron chi connectivity index (χ4n) is 5.52. The molecule has 0 spiro atoms. The lowest BCUT2D eigenvalue weighted by atomic mass is 9.94. The van der Waals surface area contributed by atoms with E-state index in [9.17, 15) is 14.4 Å². The number of anilines is 1. The largest absolute Gasteiger partial charge is 0.490 e. The molecule has 4 heterocycles. The number of fused-ring (bicyclic) bond motifs is 2. The van der Waals surface area contributed by atoms with Gasteiger partial charge in [0.2, 0.25) is 5.91 Å². The van der Waals surface area contributed by atoms with Crippen molar-refractivity contribution in [3.63, 3.8) is 0 Å². The highest BCUT2D eigenvalue weighted by molar-refractivity contribution is 7.12. The summed E-state index contributed by atoms with van der Waals surface area (Å²) in [7, 11) is 1.78. The Morgan fingerprint density at radius 1 is 1.13 bits per heavy atom. The van der Waals surface area contributed by atoms with Crippen molar-refractivity contribution in [2.45, 2.75) is 56.8 Å². The molecule has 3 aliphatic heterocycles. The third-order valence-electron chi connectivity index (χ3n) is 7.63. The third-order valence-corrected chi connectivity index (χ3v) is 8.50. The Morgan fingerprint density at radius 2 is 1.97 bits per heavy atom. The Morgan fingerprint density at radius 3 is 2.76 bits per heavy atom. The Hall–Kier alpha value is -2.95. The maximum atomic E-state index is 13.4. The second-order valence-corrected chi connectivity index (χ2v) is 11.2. The normalized spacial score (nSPS) is 23.9. The van der Waals surface area contributed by atoms with E-state index in [0.29, 0.717) is 41.3 Å². The molecule has 0 unspecified atom stereocenters. The topological polar surface area (TPSA) is 100 Å². The molecule has 3 amide bonds. The van der Waals surface area contributed by atoms with Gasteiger partial charge in [0.25, 0.3) is 11.8 Å². The number of rotatable bonds is 7. The Balaban J connectivity index is 1.17. The number of amides is 3. The molecule has 0 bridgehead atoms. The number of carbonyl (C=O) groups excluding carboxylic acids is 3. The fraction of sp³-hybridized carbons (Fsp3) is 0.536. The van der Waals surface area contributed by atoms with E-state index >= 15 is 0 Å². The molecule has 0 radical (unpaired) electrons. The van der Waals surface area contributed by atoms with E-state index in [1.165, 1.54) is 30.6 Å². The van der Waals surface area contributed by atoms with Crippen LogP contribution in [0.5, 0.6) is 5.75 Å². The van der Waals surface area contributed by atoms with Crippen LogP contribution in [0.1, 0.15) is 58.6 Å². The van der Waals surface area contributed by atoms with Crippen molar-refractivity contribution in [1.29, 1.82) is 0 Å². The summed E-state index contributed by atoms with van der Waals surface area (Å²) in [4.78, 5) is 43.2. The smallest absolute Gasteiger partial charge is 0.265 e. The van der Waals surface area contributed by atoms with Crippen LogP contribution in [-0.4, -0.2) is 85.6 Å². The van der Waals surface area contributed by atoms with Crippen LogP contribution in [0.2, 0.25) is 0 Å². The van der Waals surface area contributed by atoms with Gasteiger partial charge in [-0.1, -0.05) is 12.5 Å². The first-order valence-electron chi connectivity index (χ1n) is 13.5. The van der Waals surface area contributed by atoms with Gasteiger partial charge in [-0.05, 0) is 68.4 Å². The number of likely N-dealkylation sites (tertiary alicyclic amines) is 1. The van der Waals surface area contributed by atoms with Gasteiger partial charge >= 0.3 is 0 Å². The summed E-state index contributed by atoms with van der Waals surface area (Å²) < 4.78 is 12.3. The van der Waals surface area contributed by atoms with E-state index in [1.807, 2.05) is 11.4 Å². The number of benzene rings is 1. The molecule has 1 aromatic carbocycles. The summed E-state index contributed by atoms with van der Waals surface area (Å²) in [6.07, 6.45) is 4.99. The van der Waals surface area contributed by atoms with Gasteiger partial charge in [-0.15, -0.1) is 11.3 Å².